The van der Waals surface area contributed by atoms with E-state index in [2.05, 4.69) is 10.6 Å². The minimum Gasteiger partial charge on any atom is -0.494 e. The first-order valence-electron chi connectivity index (χ1n) is 11.6. The average Bonchev–Trinajstić information content (AvgIpc) is 2.99. The number of rotatable bonds is 9. The van der Waals surface area contributed by atoms with Crippen LogP contribution >= 0.6 is 0 Å². The van der Waals surface area contributed by atoms with Gasteiger partial charge in [-0.1, -0.05) is 24.3 Å². The Morgan fingerprint density at radius 2 is 2.00 bits per heavy atom. The van der Waals surface area contributed by atoms with E-state index in [1.165, 1.54) is 11.0 Å². The summed E-state index contributed by atoms with van der Waals surface area (Å²) >= 11 is 0. The molecule has 0 radical (unpaired) electrons. The molecule has 1 aliphatic heterocycles. The monoisotopic (exact) mass is 464 g/mol. The van der Waals surface area contributed by atoms with Crippen molar-refractivity contribution in [2.45, 2.75) is 38.8 Å². The fraction of sp³-hybridized carbons (Fsp3) is 0.346. The molecule has 180 valence electrons. The highest BCUT2D eigenvalue weighted by Gasteiger charge is 2.29. The first-order chi connectivity index (χ1) is 16.5. The van der Waals surface area contributed by atoms with Crippen molar-refractivity contribution >= 4 is 29.5 Å². The van der Waals surface area contributed by atoms with Crippen LogP contribution in [0.1, 0.15) is 37.3 Å². The van der Waals surface area contributed by atoms with E-state index in [-0.39, 0.29) is 24.3 Å². The van der Waals surface area contributed by atoms with Gasteiger partial charge in [-0.2, -0.15) is 0 Å². The molecule has 0 aromatic heterocycles. The van der Waals surface area contributed by atoms with Gasteiger partial charge in [-0.3, -0.25) is 14.4 Å². The van der Waals surface area contributed by atoms with Crippen molar-refractivity contribution in [3.05, 3.63) is 65.7 Å². The molecule has 4 N–H and O–H groups in total. The lowest BCUT2D eigenvalue weighted by atomic mass is 10.1. The van der Waals surface area contributed by atoms with Crippen LogP contribution in [-0.2, 0) is 20.9 Å². The molecule has 0 bridgehead atoms. The largest absolute Gasteiger partial charge is 0.494 e. The number of benzene rings is 2. The first kappa shape index (κ1) is 25.0. The number of carbonyl (C=O) groups is 3. The molecule has 0 saturated carbocycles. The number of anilines is 1. The fourth-order valence-corrected chi connectivity index (χ4v) is 3.81. The van der Waals surface area contributed by atoms with Crippen molar-refractivity contribution in [1.82, 2.24) is 10.2 Å². The predicted molar refractivity (Wildman–Crippen MR) is 132 cm³/mol. The second-order valence-electron chi connectivity index (χ2n) is 8.11. The quantitative estimate of drug-likeness (QED) is 0.494. The van der Waals surface area contributed by atoms with Crippen LogP contribution in [0.5, 0.6) is 5.75 Å². The van der Waals surface area contributed by atoms with Crippen LogP contribution in [0.2, 0.25) is 0 Å². The number of ether oxygens (including phenoxy) is 1. The first-order valence-corrected chi connectivity index (χ1v) is 11.6. The predicted octanol–water partition coefficient (Wildman–Crippen LogP) is 2.69. The maximum atomic E-state index is 13.0. The van der Waals surface area contributed by atoms with Crippen LogP contribution in [0.25, 0.3) is 6.08 Å². The van der Waals surface area contributed by atoms with Gasteiger partial charge in [0.1, 0.15) is 11.8 Å². The van der Waals surface area contributed by atoms with Gasteiger partial charge in [-0.25, -0.2) is 0 Å². The van der Waals surface area contributed by atoms with Crippen LogP contribution in [-0.4, -0.2) is 48.4 Å². The summed E-state index contributed by atoms with van der Waals surface area (Å²) in [6, 6.07) is 14.0. The lowest BCUT2D eigenvalue weighted by molar-refractivity contribution is -0.137. The van der Waals surface area contributed by atoms with Crippen LogP contribution in [0.3, 0.4) is 0 Å². The van der Waals surface area contributed by atoms with Gasteiger partial charge in [-0.15, -0.1) is 0 Å². The molecule has 2 aromatic carbocycles. The summed E-state index contributed by atoms with van der Waals surface area (Å²) in [5.41, 5.74) is 8.02. The number of likely N-dealkylation sites (tertiary alicyclic amines) is 1. The van der Waals surface area contributed by atoms with Crippen LogP contribution in [0, 0.1) is 0 Å². The topological polar surface area (TPSA) is 114 Å². The third-order valence-electron chi connectivity index (χ3n) is 5.47. The molecule has 34 heavy (non-hydrogen) atoms. The number of nitrogens with two attached hydrogens (primary N) is 1. The van der Waals surface area contributed by atoms with E-state index < -0.39 is 6.04 Å². The molecule has 1 aliphatic rings. The zero-order valence-electron chi connectivity index (χ0n) is 19.5. The number of nitrogens with one attached hydrogen (secondary N) is 2. The maximum Gasteiger partial charge on any atom is 0.245 e. The molecule has 0 aliphatic carbocycles. The van der Waals surface area contributed by atoms with Gasteiger partial charge >= 0.3 is 0 Å². The molecule has 1 fully saturated rings. The average molecular weight is 465 g/mol. The van der Waals surface area contributed by atoms with Gasteiger partial charge in [0.2, 0.25) is 17.7 Å². The molecule has 3 rings (SSSR count). The Hall–Kier alpha value is -3.65. The van der Waals surface area contributed by atoms with Crippen LogP contribution in [0.4, 0.5) is 5.69 Å². The smallest absolute Gasteiger partial charge is 0.245 e. The van der Waals surface area contributed by atoms with E-state index in [4.69, 9.17) is 10.5 Å². The minimum atomic E-state index is -0.664. The summed E-state index contributed by atoms with van der Waals surface area (Å²) in [7, 11) is 0. The number of amides is 3. The van der Waals surface area contributed by atoms with Crippen molar-refractivity contribution < 1.29 is 19.1 Å². The zero-order valence-corrected chi connectivity index (χ0v) is 19.5. The van der Waals surface area contributed by atoms with E-state index in [1.54, 1.807) is 12.1 Å². The Labute approximate surface area is 200 Å². The molecule has 8 nitrogen and oxygen atoms in total. The molecular weight excluding hydrogens is 432 g/mol. The van der Waals surface area contributed by atoms with Crippen LogP contribution in [0.15, 0.2) is 54.6 Å². The van der Waals surface area contributed by atoms with E-state index in [1.807, 2.05) is 49.4 Å². The number of hydrogen-bond donors (Lipinski definition) is 3. The Morgan fingerprint density at radius 1 is 1.18 bits per heavy atom. The van der Waals surface area contributed by atoms with Gasteiger partial charge < -0.3 is 26.0 Å². The molecule has 0 spiro atoms. The van der Waals surface area contributed by atoms with Crippen molar-refractivity contribution in [2.24, 2.45) is 5.73 Å². The molecule has 1 atom stereocenters. The van der Waals surface area contributed by atoms with Crippen molar-refractivity contribution in [1.29, 1.82) is 0 Å². The summed E-state index contributed by atoms with van der Waals surface area (Å²) in [4.78, 5) is 39.6. The molecule has 1 heterocycles. The third kappa shape index (κ3) is 7.45. The SMILES string of the molecule is CCOc1cccc(C=CC(=O)NC2CCCCN(CC(=O)Nc3cccc(CN)c3)C2=O)c1. The highest BCUT2D eigenvalue weighted by molar-refractivity contribution is 5.98. The minimum absolute atomic E-state index is 0.0713. The highest BCUT2D eigenvalue weighted by Crippen LogP contribution is 2.16. The number of hydrogen-bond acceptors (Lipinski definition) is 5. The molecule has 1 saturated heterocycles. The summed E-state index contributed by atoms with van der Waals surface area (Å²) in [5.74, 6) is -0.162. The second kappa shape index (κ2) is 12.6. The van der Waals surface area contributed by atoms with Gasteiger partial charge in [0.05, 0.1) is 13.2 Å². The second-order valence-corrected chi connectivity index (χ2v) is 8.11. The fourth-order valence-electron chi connectivity index (χ4n) is 3.81. The van der Waals surface area contributed by atoms with E-state index in [0.29, 0.717) is 31.8 Å². The van der Waals surface area contributed by atoms with E-state index in [0.717, 1.165) is 29.7 Å². The Bertz CT molecular complexity index is 1040. The Morgan fingerprint density at radius 3 is 2.79 bits per heavy atom. The lowest BCUT2D eigenvalue weighted by Crippen LogP contribution is -2.49. The normalized spacial score (nSPS) is 16.2. The molecule has 2 aromatic rings. The third-order valence-corrected chi connectivity index (χ3v) is 5.47. The molecule has 1 unspecified atom stereocenters. The summed E-state index contributed by atoms with van der Waals surface area (Å²) in [5, 5.41) is 5.61. The lowest BCUT2D eigenvalue weighted by Gasteiger charge is -2.24. The number of nitrogens with zero attached hydrogens (tertiary/aromatic N) is 1. The maximum absolute atomic E-state index is 13.0. The molecular formula is C26H32N4O4. The van der Waals surface area contributed by atoms with Gasteiger partial charge in [0, 0.05) is 24.9 Å². The zero-order chi connectivity index (χ0) is 24.3. The van der Waals surface area contributed by atoms with E-state index >= 15 is 0 Å². The van der Waals surface area contributed by atoms with Crippen molar-refractivity contribution in [3.8, 4) is 5.75 Å². The Kier molecular flexibility index (Phi) is 9.22. The van der Waals surface area contributed by atoms with Gasteiger partial charge in [-0.05, 0) is 67.7 Å². The standard InChI is InChI=1S/C26H32N4O4/c1-2-34-22-10-6-7-19(16-22)12-13-24(31)29-23-11-3-4-14-30(26(23)33)18-25(32)28-21-9-5-8-20(15-21)17-27/h5-10,12-13,15-16,23H,2-4,11,14,17-18,27H2,1H3,(H,28,32)(H,29,31). The molecule has 8 heteroatoms. The van der Waals surface area contributed by atoms with Crippen molar-refractivity contribution in [2.75, 3.05) is 25.0 Å². The summed E-state index contributed by atoms with van der Waals surface area (Å²) in [6.07, 6.45) is 5.18. The molecule has 3 amide bonds. The van der Waals surface area contributed by atoms with Crippen LogP contribution < -0.4 is 21.1 Å². The van der Waals surface area contributed by atoms with Gasteiger partial charge in [0.15, 0.2) is 0 Å². The van der Waals surface area contributed by atoms with Crippen molar-refractivity contribution in [3.63, 3.8) is 0 Å². The van der Waals surface area contributed by atoms with E-state index in [9.17, 15) is 14.4 Å². The summed E-state index contributed by atoms with van der Waals surface area (Å²) in [6.45, 7) is 3.25. The summed E-state index contributed by atoms with van der Waals surface area (Å²) < 4.78 is 5.47. The van der Waals surface area contributed by atoms with Gasteiger partial charge in [0.25, 0.3) is 0 Å². The Balaban J connectivity index is 1.57. The highest BCUT2D eigenvalue weighted by atomic mass is 16.5. The number of carbonyl (C=O) groups excluding carboxylic acids is 3.